The molecule has 0 aliphatic carbocycles. The van der Waals surface area contributed by atoms with Crippen LogP contribution in [0, 0.1) is 0 Å². The molecule has 0 N–H and O–H groups in total. The van der Waals surface area contributed by atoms with Gasteiger partial charge in [0.25, 0.3) is 0 Å². The lowest BCUT2D eigenvalue weighted by Crippen LogP contribution is -2.10. The number of anilines is 3. The molecule has 0 radical (unpaired) electrons. The molecule has 9 aromatic carbocycles. The molecular weight excluding hydrogens is 645 g/mol. The van der Waals surface area contributed by atoms with Gasteiger partial charge < -0.3 is 13.9 Å². The average Bonchev–Trinajstić information content (AvgIpc) is 3.76. The summed E-state index contributed by atoms with van der Waals surface area (Å²) in [4.78, 5) is 2.38. The molecule has 0 aliphatic rings. The minimum atomic E-state index is 0.880. The highest BCUT2D eigenvalue weighted by molar-refractivity contribution is 6.13. The van der Waals surface area contributed by atoms with Crippen molar-refractivity contribution in [1.29, 1.82) is 0 Å². The number of rotatable bonds is 5. The molecular formula is C50H32N2O. The average molecular weight is 677 g/mol. The number of fused-ring (bicyclic) bond motifs is 9. The third-order valence-corrected chi connectivity index (χ3v) is 10.7. The third-order valence-electron chi connectivity index (χ3n) is 10.7. The molecule has 0 saturated carbocycles. The fraction of sp³-hybridized carbons (Fsp3) is 0. The summed E-state index contributed by atoms with van der Waals surface area (Å²) in [5.74, 6) is 0. The topological polar surface area (TPSA) is 21.3 Å². The molecule has 0 spiro atoms. The number of hydrogen-bond donors (Lipinski definition) is 0. The normalized spacial score (nSPS) is 11.8. The highest BCUT2D eigenvalue weighted by atomic mass is 16.3. The molecule has 0 amide bonds. The van der Waals surface area contributed by atoms with Gasteiger partial charge in [-0.2, -0.15) is 0 Å². The van der Waals surface area contributed by atoms with Crippen LogP contribution in [0.5, 0.6) is 0 Å². The van der Waals surface area contributed by atoms with Crippen molar-refractivity contribution < 1.29 is 4.42 Å². The molecule has 0 unspecified atom stereocenters. The van der Waals surface area contributed by atoms with Crippen molar-refractivity contribution in [2.24, 2.45) is 0 Å². The van der Waals surface area contributed by atoms with Gasteiger partial charge in [-0.25, -0.2) is 0 Å². The standard InChI is InChI=1S/C50H32N2O/c1-2-17-39-33(12-1)26-28-42-40(21-11-22-41(39)42)34-13-9-14-35(30-34)51(38-27-29-50-46(32-38)45-20-5-8-25-49(45)53-50)36-15-10-16-37(31-36)52-47-23-6-3-18-43(47)44-19-4-7-24-48(44)52/h1-32H. The van der Waals surface area contributed by atoms with E-state index in [0.29, 0.717) is 0 Å². The molecule has 11 rings (SSSR count). The summed E-state index contributed by atoms with van der Waals surface area (Å²) in [5, 5.41) is 9.73. The summed E-state index contributed by atoms with van der Waals surface area (Å²) < 4.78 is 8.66. The van der Waals surface area contributed by atoms with Crippen molar-refractivity contribution in [2.45, 2.75) is 0 Å². The van der Waals surface area contributed by atoms with Crippen molar-refractivity contribution >= 4 is 82.4 Å². The quantitative estimate of drug-likeness (QED) is 0.169. The maximum Gasteiger partial charge on any atom is 0.135 e. The van der Waals surface area contributed by atoms with E-state index in [0.717, 1.165) is 44.7 Å². The van der Waals surface area contributed by atoms with E-state index in [4.69, 9.17) is 4.42 Å². The summed E-state index contributed by atoms with van der Waals surface area (Å²) in [6.45, 7) is 0. The van der Waals surface area contributed by atoms with Crippen molar-refractivity contribution in [3.05, 3.63) is 194 Å². The Morgan fingerprint density at radius 2 is 0.981 bits per heavy atom. The Morgan fingerprint density at radius 1 is 0.358 bits per heavy atom. The number of benzene rings is 9. The van der Waals surface area contributed by atoms with Crippen molar-refractivity contribution in [3.8, 4) is 16.8 Å². The van der Waals surface area contributed by atoms with E-state index < -0.39 is 0 Å². The molecule has 3 nitrogen and oxygen atoms in total. The summed E-state index contributed by atoms with van der Waals surface area (Å²) >= 11 is 0. The molecule has 0 fully saturated rings. The summed E-state index contributed by atoms with van der Waals surface area (Å²) in [5.41, 5.74) is 10.8. The second kappa shape index (κ2) is 11.7. The summed E-state index contributed by atoms with van der Waals surface area (Å²) in [6.07, 6.45) is 0. The van der Waals surface area contributed by atoms with Crippen molar-refractivity contribution in [2.75, 3.05) is 4.90 Å². The van der Waals surface area contributed by atoms with E-state index in [1.807, 2.05) is 12.1 Å². The van der Waals surface area contributed by atoms with E-state index >= 15 is 0 Å². The van der Waals surface area contributed by atoms with Crippen molar-refractivity contribution in [3.63, 3.8) is 0 Å². The third kappa shape index (κ3) is 4.68. The largest absolute Gasteiger partial charge is 0.456 e. The highest BCUT2D eigenvalue weighted by Gasteiger charge is 2.19. The molecule has 248 valence electrons. The fourth-order valence-corrected chi connectivity index (χ4v) is 8.38. The zero-order valence-corrected chi connectivity index (χ0v) is 28.8. The first-order valence-electron chi connectivity index (χ1n) is 18.1. The number of aromatic nitrogens is 1. The lowest BCUT2D eigenvalue weighted by atomic mass is 9.94. The first kappa shape index (κ1) is 29.6. The van der Waals surface area contributed by atoms with Crippen molar-refractivity contribution in [1.82, 2.24) is 4.57 Å². The van der Waals surface area contributed by atoms with E-state index in [1.165, 1.54) is 54.5 Å². The molecule has 53 heavy (non-hydrogen) atoms. The zero-order valence-electron chi connectivity index (χ0n) is 28.8. The van der Waals surface area contributed by atoms with Crippen LogP contribution in [0.3, 0.4) is 0 Å². The van der Waals surface area contributed by atoms with Crippen LogP contribution in [0.4, 0.5) is 17.1 Å². The van der Waals surface area contributed by atoms with Gasteiger partial charge in [-0.05, 0) is 99.4 Å². The Kier molecular flexibility index (Phi) is 6.55. The van der Waals surface area contributed by atoms with E-state index in [1.54, 1.807) is 0 Å². The molecule has 0 atom stereocenters. The summed E-state index contributed by atoms with van der Waals surface area (Å²) in [7, 11) is 0. The van der Waals surface area contributed by atoms with Gasteiger partial charge in [0.2, 0.25) is 0 Å². The van der Waals surface area contributed by atoms with Crippen LogP contribution in [0.2, 0.25) is 0 Å². The molecule has 2 aromatic heterocycles. The second-order valence-electron chi connectivity index (χ2n) is 13.7. The monoisotopic (exact) mass is 676 g/mol. The first-order valence-corrected chi connectivity index (χ1v) is 18.1. The SMILES string of the molecule is c1cc(-c2cccc3c2ccc2ccccc23)cc(N(c2cccc(-n3c4ccccc4c4ccccc43)c2)c2ccc3oc4ccccc4c3c2)c1. The zero-order chi connectivity index (χ0) is 34.9. The van der Waals surface area contributed by atoms with Crippen LogP contribution in [0.25, 0.3) is 82.1 Å². The molecule has 3 heteroatoms. The number of hydrogen-bond acceptors (Lipinski definition) is 2. The maximum atomic E-state index is 6.27. The summed E-state index contributed by atoms with van der Waals surface area (Å²) in [6, 6.07) is 69.9. The van der Waals surface area contributed by atoms with Crippen LogP contribution in [-0.4, -0.2) is 4.57 Å². The Bertz CT molecular complexity index is 3150. The van der Waals surface area contributed by atoms with Gasteiger partial charge in [0.05, 0.1) is 11.0 Å². The Labute approximate surface area is 306 Å². The smallest absolute Gasteiger partial charge is 0.135 e. The highest BCUT2D eigenvalue weighted by Crippen LogP contribution is 2.42. The van der Waals surface area contributed by atoms with Crippen LogP contribution in [0.1, 0.15) is 0 Å². The number of furan rings is 1. The second-order valence-corrected chi connectivity index (χ2v) is 13.7. The predicted molar refractivity (Wildman–Crippen MR) is 223 cm³/mol. The van der Waals surface area contributed by atoms with Gasteiger partial charge in [0.1, 0.15) is 11.2 Å². The predicted octanol–water partition coefficient (Wildman–Crippen LogP) is 14.1. The number of nitrogens with zero attached hydrogens (tertiary/aromatic N) is 2. The van der Waals surface area contributed by atoms with Gasteiger partial charge >= 0.3 is 0 Å². The maximum absolute atomic E-state index is 6.27. The Morgan fingerprint density at radius 3 is 1.81 bits per heavy atom. The Hall–Kier alpha value is -7.10. The minimum Gasteiger partial charge on any atom is -0.456 e. The molecule has 0 bridgehead atoms. The van der Waals surface area contributed by atoms with Crippen LogP contribution < -0.4 is 4.90 Å². The van der Waals surface area contributed by atoms with Crippen LogP contribution in [-0.2, 0) is 0 Å². The molecule has 2 heterocycles. The van der Waals surface area contributed by atoms with E-state index in [-0.39, 0.29) is 0 Å². The fourth-order valence-electron chi connectivity index (χ4n) is 8.38. The van der Waals surface area contributed by atoms with Gasteiger partial charge in [-0.15, -0.1) is 0 Å². The number of para-hydroxylation sites is 3. The first-order chi connectivity index (χ1) is 26.3. The van der Waals surface area contributed by atoms with E-state index in [9.17, 15) is 0 Å². The van der Waals surface area contributed by atoms with Gasteiger partial charge in [-0.3, -0.25) is 0 Å². The Balaban J connectivity index is 1.13. The molecule has 0 aliphatic heterocycles. The van der Waals surface area contributed by atoms with Gasteiger partial charge in [0.15, 0.2) is 0 Å². The molecule has 11 aromatic rings. The lowest BCUT2D eigenvalue weighted by Gasteiger charge is -2.27. The van der Waals surface area contributed by atoms with Gasteiger partial charge in [-0.1, -0.05) is 127 Å². The van der Waals surface area contributed by atoms with Gasteiger partial charge in [0, 0.05) is 44.3 Å². The van der Waals surface area contributed by atoms with E-state index in [2.05, 4.69) is 191 Å². The van der Waals surface area contributed by atoms with Crippen LogP contribution >= 0.6 is 0 Å². The van der Waals surface area contributed by atoms with Crippen LogP contribution in [0.15, 0.2) is 199 Å². The minimum absolute atomic E-state index is 0.880. The molecule has 0 saturated heterocycles. The lowest BCUT2D eigenvalue weighted by molar-refractivity contribution is 0.669.